The van der Waals surface area contributed by atoms with E-state index in [9.17, 15) is 22.8 Å². The van der Waals surface area contributed by atoms with Gasteiger partial charge in [-0.3, -0.25) is 9.59 Å². The lowest BCUT2D eigenvalue weighted by Crippen LogP contribution is -2.44. The van der Waals surface area contributed by atoms with Gasteiger partial charge < -0.3 is 9.47 Å². The minimum Gasteiger partial charge on any atom is -0.342 e. The Labute approximate surface area is 144 Å². The van der Waals surface area contributed by atoms with Crippen molar-refractivity contribution in [3.63, 3.8) is 0 Å². The van der Waals surface area contributed by atoms with Crippen molar-refractivity contribution in [2.24, 2.45) is 0 Å². The molecule has 1 aliphatic rings. The van der Waals surface area contributed by atoms with Gasteiger partial charge in [0, 0.05) is 30.8 Å². The molecular formula is C16H14BrF3N2O2. The van der Waals surface area contributed by atoms with Crippen LogP contribution in [-0.4, -0.2) is 45.8 Å². The monoisotopic (exact) mass is 402 g/mol. The molecule has 0 fully saturated rings. The van der Waals surface area contributed by atoms with Gasteiger partial charge in [0.2, 0.25) is 0 Å². The second-order valence-corrected chi connectivity index (χ2v) is 6.24. The molecule has 1 aromatic carbocycles. The molecule has 128 valence electrons. The Morgan fingerprint density at radius 3 is 2.58 bits per heavy atom. The van der Waals surface area contributed by atoms with E-state index < -0.39 is 18.0 Å². The van der Waals surface area contributed by atoms with Crippen LogP contribution < -0.4 is 0 Å². The first-order chi connectivity index (χ1) is 11.3. The molecule has 2 heterocycles. The van der Waals surface area contributed by atoms with Crippen molar-refractivity contribution >= 4 is 38.5 Å². The molecule has 2 aromatic rings. The fraction of sp³-hybridized carbons (Fsp3) is 0.375. The lowest BCUT2D eigenvalue weighted by molar-refractivity contribution is -0.185. The van der Waals surface area contributed by atoms with Gasteiger partial charge in [-0.15, -0.1) is 0 Å². The van der Waals surface area contributed by atoms with Gasteiger partial charge in [-0.25, -0.2) is 0 Å². The second kappa shape index (κ2) is 6.23. The average Bonchev–Trinajstić information content (AvgIpc) is 2.81. The molecule has 8 heteroatoms. The summed E-state index contributed by atoms with van der Waals surface area (Å²) in [6.07, 6.45) is -4.94. The Morgan fingerprint density at radius 2 is 1.92 bits per heavy atom. The van der Waals surface area contributed by atoms with Crippen molar-refractivity contribution in [1.82, 2.24) is 9.47 Å². The Morgan fingerprint density at radius 1 is 1.21 bits per heavy atom. The molecule has 0 saturated heterocycles. The zero-order valence-electron chi connectivity index (χ0n) is 12.5. The predicted molar refractivity (Wildman–Crippen MR) is 86.1 cm³/mol. The van der Waals surface area contributed by atoms with Crippen LogP contribution in [-0.2, 0) is 16.1 Å². The molecule has 0 N–H and O–H groups in total. The molecule has 0 spiro atoms. The number of para-hydroxylation sites is 1. The molecule has 0 radical (unpaired) electrons. The quantitative estimate of drug-likeness (QED) is 0.724. The lowest BCUT2D eigenvalue weighted by Gasteiger charge is -2.24. The van der Waals surface area contributed by atoms with E-state index in [1.165, 1.54) is 0 Å². The van der Waals surface area contributed by atoms with Crippen LogP contribution >= 0.6 is 15.9 Å². The topological polar surface area (TPSA) is 42.3 Å². The third kappa shape index (κ3) is 2.94. The zero-order chi connectivity index (χ0) is 17.5. The molecule has 4 nitrogen and oxygen atoms in total. The van der Waals surface area contributed by atoms with Gasteiger partial charge in [0.15, 0.2) is 5.78 Å². The van der Waals surface area contributed by atoms with Crippen LogP contribution in [0.1, 0.15) is 11.6 Å². The van der Waals surface area contributed by atoms with E-state index in [1.54, 1.807) is 0 Å². The number of carbonyl (C=O) groups is 2. The highest BCUT2D eigenvalue weighted by Crippen LogP contribution is 2.31. The number of fused-ring (bicyclic) bond motifs is 3. The molecule has 1 atom stereocenters. The summed E-state index contributed by atoms with van der Waals surface area (Å²) < 4.78 is 40.2. The maximum Gasteiger partial charge on any atom is 0.471 e. The van der Waals surface area contributed by atoms with Gasteiger partial charge in [-0.1, -0.05) is 34.1 Å². The van der Waals surface area contributed by atoms with E-state index in [1.807, 2.05) is 34.9 Å². The smallest absolute Gasteiger partial charge is 0.342 e. The number of nitrogens with zero attached hydrogens (tertiary/aromatic N) is 2. The van der Waals surface area contributed by atoms with Crippen LogP contribution in [0.15, 0.2) is 30.3 Å². The van der Waals surface area contributed by atoms with Crippen LogP contribution in [0.25, 0.3) is 10.9 Å². The number of rotatable bonds is 2. The molecular weight excluding hydrogens is 389 g/mol. The van der Waals surface area contributed by atoms with Crippen LogP contribution in [0.4, 0.5) is 13.2 Å². The van der Waals surface area contributed by atoms with Gasteiger partial charge in [0.05, 0.1) is 11.2 Å². The van der Waals surface area contributed by atoms with Crippen LogP contribution in [0.2, 0.25) is 0 Å². The van der Waals surface area contributed by atoms with Crippen molar-refractivity contribution in [2.75, 3.05) is 18.4 Å². The molecule has 0 aliphatic carbocycles. The SMILES string of the molecule is O=C(CBr)C1CN(C(=O)C(F)(F)F)CCn2c1cc1ccccc12. The number of alkyl halides is 4. The number of benzene rings is 1. The molecule has 24 heavy (non-hydrogen) atoms. The summed E-state index contributed by atoms with van der Waals surface area (Å²) in [7, 11) is 0. The fourth-order valence-electron chi connectivity index (χ4n) is 3.12. The maximum absolute atomic E-state index is 12.8. The van der Waals surface area contributed by atoms with E-state index in [2.05, 4.69) is 15.9 Å². The molecule has 1 aliphatic heterocycles. The third-order valence-electron chi connectivity index (χ3n) is 4.25. The molecule has 1 unspecified atom stereocenters. The Balaban J connectivity index is 2.05. The van der Waals surface area contributed by atoms with Crippen LogP contribution in [0, 0.1) is 0 Å². The highest BCUT2D eigenvalue weighted by atomic mass is 79.9. The van der Waals surface area contributed by atoms with Gasteiger partial charge in [0.25, 0.3) is 0 Å². The predicted octanol–water partition coefficient (Wildman–Crippen LogP) is 3.09. The Kier molecular flexibility index (Phi) is 4.42. The second-order valence-electron chi connectivity index (χ2n) is 5.68. The molecule has 3 rings (SSSR count). The first kappa shape index (κ1) is 17.0. The standard InChI is InChI=1S/C16H14BrF3N2O2/c17-8-14(23)11-9-21(15(24)16(18,19)20)5-6-22-12-4-2-1-3-10(12)7-13(11)22/h1-4,7,11H,5-6,8-9H2. The summed E-state index contributed by atoms with van der Waals surface area (Å²) in [4.78, 5) is 24.7. The summed E-state index contributed by atoms with van der Waals surface area (Å²) >= 11 is 3.08. The average molecular weight is 403 g/mol. The zero-order valence-corrected chi connectivity index (χ0v) is 14.1. The van der Waals surface area contributed by atoms with Crippen molar-refractivity contribution in [3.05, 3.63) is 36.0 Å². The van der Waals surface area contributed by atoms with E-state index >= 15 is 0 Å². The molecule has 0 bridgehead atoms. The molecule has 1 aromatic heterocycles. The number of hydrogen-bond donors (Lipinski definition) is 0. The number of Topliss-reactive ketones (excluding diaryl/α,β-unsaturated/α-hetero) is 1. The number of ketones is 1. The van der Waals surface area contributed by atoms with Crippen molar-refractivity contribution in [3.8, 4) is 0 Å². The van der Waals surface area contributed by atoms with Gasteiger partial charge in [-0.05, 0) is 17.5 Å². The number of amides is 1. The van der Waals surface area contributed by atoms with Gasteiger partial charge in [0.1, 0.15) is 0 Å². The third-order valence-corrected chi connectivity index (χ3v) is 4.80. The Bertz CT molecular complexity index is 800. The van der Waals surface area contributed by atoms with E-state index in [-0.39, 0.29) is 30.7 Å². The summed E-state index contributed by atoms with van der Waals surface area (Å²) in [5, 5.41) is 0.947. The first-order valence-electron chi connectivity index (χ1n) is 7.36. The van der Waals surface area contributed by atoms with Crippen molar-refractivity contribution in [1.29, 1.82) is 0 Å². The molecule has 0 saturated carbocycles. The molecule has 1 amide bonds. The van der Waals surface area contributed by atoms with Gasteiger partial charge >= 0.3 is 12.1 Å². The number of halogens is 4. The number of hydrogen-bond acceptors (Lipinski definition) is 2. The van der Waals surface area contributed by atoms with Crippen molar-refractivity contribution < 1.29 is 22.8 Å². The largest absolute Gasteiger partial charge is 0.471 e. The van der Waals surface area contributed by atoms with E-state index in [0.29, 0.717) is 5.69 Å². The maximum atomic E-state index is 12.8. The fourth-order valence-corrected chi connectivity index (χ4v) is 3.51. The Hall–Kier alpha value is -1.83. The summed E-state index contributed by atoms with van der Waals surface area (Å²) in [5.41, 5.74) is 1.50. The summed E-state index contributed by atoms with van der Waals surface area (Å²) in [6, 6.07) is 9.27. The lowest BCUT2D eigenvalue weighted by atomic mass is 10.0. The first-order valence-corrected chi connectivity index (χ1v) is 8.48. The normalized spacial score (nSPS) is 18.3. The highest BCUT2D eigenvalue weighted by molar-refractivity contribution is 9.09. The van der Waals surface area contributed by atoms with Crippen molar-refractivity contribution in [2.45, 2.75) is 18.6 Å². The minimum absolute atomic E-state index is 0.0211. The van der Waals surface area contributed by atoms with Gasteiger partial charge in [-0.2, -0.15) is 13.2 Å². The van der Waals surface area contributed by atoms with Crippen LogP contribution in [0.5, 0.6) is 0 Å². The van der Waals surface area contributed by atoms with Crippen LogP contribution in [0.3, 0.4) is 0 Å². The highest BCUT2D eigenvalue weighted by Gasteiger charge is 2.44. The number of carbonyl (C=O) groups excluding carboxylic acids is 2. The minimum atomic E-state index is -4.94. The number of aromatic nitrogens is 1. The van der Waals surface area contributed by atoms with E-state index in [4.69, 9.17) is 0 Å². The summed E-state index contributed by atoms with van der Waals surface area (Å²) in [6.45, 7) is -0.133. The van der Waals surface area contributed by atoms with E-state index in [0.717, 1.165) is 15.8 Å². The summed E-state index contributed by atoms with van der Waals surface area (Å²) in [5.74, 6) is -2.93.